The number of amides is 1. The number of carbonyl (C=O) groups excluding carboxylic acids is 1. The molecule has 5 nitrogen and oxygen atoms in total. The van der Waals surface area contributed by atoms with Gasteiger partial charge in [-0.15, -0.1) is 11.3 Å². The average Bonchev–Trinajstić information content (AvgIpc) is 3.42. The predicted octanol–water partition coefficient (Wildman–Crippen LogP) is 5.36. The molecular weight excluding hydrogens is 370 g/mol. The first-order valence-corrected chi connectivity index (χ1v) is 9.63. The number of hydrogen-bond donors (Lipinski definition) is 0. The highest BCUT2D eigenvalue weighted by Gasteiger charge is 2.29. The number of fused-ring (bicyclic) bond motifs is 1. The number of hydrogen-bond acceptors (Lipinski definition) is 5. The van der Waals surface area contributed by atoms with E-state index in [2.05, 4.69) is 10.1 Å². The average molecular weight is 385 g/mol. The van der Waals surface area contributed by atoms with Gasteiger partial charge in [0, 0.05) is 0 Å². The first-order chi connectivity index (χ1) is 13.7. The van der Waals surface area contributed by atoms with Crippen LogP contribution >= 0.6 is 11.3 Å². The van der Waals surface area contributed by atoms with Crippen LogP contribution in [-0.4, -0.2) is 16.6 Å². The van der Waals surface area contributed by atoms with Crippen LogP contribution in [0.5, 0.6) is 0 Å². The molecule has 1 aliphatic heterocycles. The molecule has 0 fully saturated rings. The smallest absolute Gasteiger partial charge is 0.280 e. The van der Waals surface area contributed by atoms with Crippen molar-refractivity contribution in [2.24, 2.45) is 5.10 Å². The first kappa shape index (κ1) is 16.6. The molecule has 0 atom stereocenters. The molecular formula is C22H15N3O2S. The SMILES string of the molecule is CC1=NN(c2ccccc2)C(=O)/C1=C\c1ccc(-c2nc3ccccc3s2)o1. The van der Waals surface area contributed by atoms with Crippen LogP contribution < -0.4 is 5.01 Å². The second-order valence-corrected chi connectivity index (χ2v) is 7.42. The van der Waals surface area contributed by atoms with Crippen molar-refractivity contribution in [2.75, 3.05) is 5.01 Å². The summed E-state index contributed by atoms with van der Waals surface area (Å²) in [6, 6.07) is 21.1. The minimum Gasteiger partial charge on any atom is -0.454 e. The highest BCUT2D eigenvalue weighted by Crippen LogP contribution is 2.32. The molecule has 0 bridgehead atoms. The Bertz CT molecular complexity index is 1220. The normalized spacial score (nSPS) is 15.6. The van der Waals surface area contributed by atoms with Crippen LogP contribution in [0.2, 0.25) is 0 Å². The van der Waals surface area contributed by atoms with Gasteiger partial charge in [-0.3, -0.25) is 4.79 Å². The second kappa shape index (κ2) is 6.58. The lowest BCUT2D eigenvalue weighted by molar-refractivity contribution is -0.114. The van der Waals surface area contributed by atoms with Crippen LogP contribution in [0.15, 0.2) is 81.8 Å². The number of thiazole rings is 1. The molecule has 136 valence electrons. The molecule has 2 aromatic carbocycles. The molecule has 0 unspecified atom stereocenters. The number of carbonyl (C=O) groups is 1. The predicted molar refractivity (Wildman–Crippen MR) is 112 cm³/mol. The summed E-state index contributed by atoms with van der Waals surface area (Å²) in [5.41, 5.74) is 2.87. The van der Waals surface area contributed by atoms with Gasteiger partial charge in [-0.1, -0.05) is 30.3 Å². The van der Waals surface area contributed by atoms with Crippen LogP contribution in [0.25, 0.3) is 27.1 Å². The van der Waals surface area contributed by atoms with Gasteiger partial charge in [-0.05, 0) is 49.4 Å². The zero-order chi connectivity index (χ0) is 19.1. The third-order valence-corrected chi connectivity index (χ3v) is 5.53. The van der Waals surface area contributed by atoms with Gasteiger partial charge < -0.3 is 4.42 Å². The standard InChI is InChI=1S/C22H15N3O2S/c1-14-17(22(26)25(24-14)15-7-3-2-4-8-15)13-16-11-12-19(27-16)21-23-18-9-5-6-10-20(18)28-21/h2-13H,1H3/b17-13-. The largest absolute Gasteiger partial charge is 0.454 e. The number of aromatic nitrogens is 1. The summed E-state index contributed by atoms with van der Waals surface area (Å²) in [7, 11) is 0. The van der Waals surface area contributed by atoms with Gasteiger partial charge in [-0.2, -0.15) is 10.1 Å². The molecule has 1 amide bonds. The van der Waals surface area contributed by atoms with Crippen molar-refractivity contribution >= 4 is 44.9 Å². The summed E-state index contributed by atoms with van der Waals surface area (Å²) >= 11 is 1.58. The minimum absolute atomic E-state index is 0.165. The van der Waals surface area contributed by atoms with E-state index in [1.807, 2.05) is 73.7 Å². The van der Waals surface area contributed by atoms with E-state index in [4.69, 9.17) is 4.42 Å². The van der Waals surface area contributed by atoms with Gasteiger partial charge in [0.15, 0.2) is 10.8 Å². The summed E-state index contributed by atoms with van der Waals surface area (Å²) in [4.78, 5) is 17.4. The van der Waals surface area contributed by atoms with Crippen molar-refractivity contribution in [1.82, 2.24) is 4.98 Å². The molecule has 6 heteroatoms. The number of nitrogens with zero attached hydrogens (tertiary/aromatic N) is 3. The van der Waals surface area contributed by atoms with Crippen molar-refractivity contribution in [3.63, 3.8) is 0 Å². The molecule has 5 rings (SSSR count). The number of hydrazone groups is 1. The summed E-state index contributed by atoms with van der Waals surface area (Å²) in [5.74, 6) is 1.12. The topological polar surface area (TPSA) is 58.7 Å². The summed E-state index contributed by atoms with van der Waals surface area (Å²) in [5, 5.41) is 6.63. The zero-order valence-electron chi connectivity index (χ0n) is 15.0. The highest BCUT2D eigenvalue weighted by molar-refractivity contribution is 7.21. The zero-order valence-corrected chi connectivity index (χ0v) is 15.8. The van der Waals surface area contributed by atoms with E-state index in [0.29, 0.717) is 22.8 Å². The van der Waals surface area contributed by atoms with Crippen LogP contribution in [0.1, 0.15) is 12.7 Å². The van der Waals surface area contributed by atoms with Crippen molar-refractivity contribution in [3.05, 3.63) is 78.1 Å². The van der Waals surface area contributed by atoms with Gasteiger partial charge in [0.25, 0.3) is 5.91 Å². The van der Waals surface area contributed by atoms with Gasteiger partial charge >= 0.3 is 0 Å². The Labute approximate surface area is 165 Å². The molecule has 2 aromatic heterocycles. The third kappa shape index (κ3) is 2.84. The summed E-state index contributed by atoms with van der Waals surface area (Å²) in [6.07, 6.45) is 1.74. The fourth-order valence-corrected chi connectivity index (χ4v) is 4.02. The molecule has 4 aromatic rings. The monoisotopic (exact) mass is 385 g/mol. The van der Waals surface area contributed by atoms with E-state index in [0.717, 1.165) is 20.9 Å². The number of para-hydroxylation sites is 2. The molecule has 3 heterocycles. The minimum atomic E-state index is -0.165. The Morgan fingerprint density at radius 3 is 2.61 bits per heavy atom. The fourth-order valence-electron chi connectivity index (χ4n) is 3.09. The Balaban J connectivity index is 1.45. The van der Waals surface area contributed by atoms with E-state index in [1.54, 1.807) is 17.4 Å². The van der Waals surface area contributed by atoms with Gasteiger partial charge in [0.1, 0.15) is 5.76 Å². The van der Waals surface area contributed by atoms with Crippen LogP contribution in [0, 0.1) is 0 Å². The molecule has 0 aliphatic carbocycles. The van der Waals surface area contributed by atoms with E-state index in [-0.39, 0.29) is 5.91 Å². The maximum Gasteiger partial charge on any atom is 0.280 e. The van der Waals surface area contributed by atoms with Crippen molar-refractivity contribution in [2.45, 2.75) is 6.92 Å². The van der Waals surface area contributed by atoms with E-state index in [1.165, 1.54) is 5.01 Å². The molecule has 28 heavy (non-hydrogen) atoms. The maximum atomic E-state index is 12.8. The number of benzene rings is 2. The van der Waals surface area contributed by atoms with Crippen molar-refractivity contribution in [3.8, 4) is 10.8 Å². The Kier molecular flexibility index (Phi) is 3.91. The lowest BCUT2D eigenvalue weighted by Gasteiger charge is -2.10. The Morgan fingerprint density at radius 2 is 1.79 bits per heavy atom. The van der Waals surface area contributed by atoms with Gasteiger partial charge in [-0.25, -0.2) is 4.98 Å². The maximum absolute atomic E-state index is 12.8. The Hall–Kier alpha value is -3.51. The molecule has 0 saturated carbocycles. The van der Waals surface area contributed by atoms with Crippen molar-refractivity contribution in [1.29, 1.82) is 0 Å². The van der Waals surface area contributed by atoms with E-state index >= 15 is 0 Å². The lowest BCUT2D eigenvalue weighted by atomic mass is 10.1. The number of anilines is 1. The first-order valence-electron chi connectivity index (χ1n) is 8.81. The number of furan rings is 1. The quantitative estimate of drug-likeness (QED) is 0.446. The Morgan fingerprint density at radius 1 is 1.00 bits per heavy atom. The van der Waals surface area contributed by atoms with Gasteiger partial charge in [0.05, 0.1) is 27.2 Å². The van der Waals surface area contributed by atoms with E-state index in [9.17, 15) is 4.79 Å². The molecule has 0 saturated heterocycles. The lowest BCUT2D eigenvalue weighted by Crippen LogP contribution is -2.21. The van der Waals surface area contributed by atoms with Crippen molar-refractivity contribution < 1.29 is 9.21 Å². The third-order valence-electron chi connectivity index (χ3n) is 4.48. The number of rotatable bonds is 3. The molecule has 0 N–H and O–H groups in total. The molecule has 1 aliphatic rings. The van der Waals surface area contributed by atoms with Crippen LogP contribution in [0.4, 0.5) is 5.69 Å². The molecule has 0 spiro atoms. The second-order valence-electron chi connectivity index (χ2n) is 6.38. The highest BCUT2D eigenvalue weighted by atomic mass is 32.1. The van der Waals surface area contributed by atoms with E-state index < -0.39 is 0 Å². The summed E-state index contributed by atoms with van der Waals surface area (Å²) in [6.45, 7) is 1.82. The fraction of sp³-hybridized carbons (Fsp3) is 0.0455. The summed E-state index contributed by atoms with van der Waals surface area (Å²) < 4.78 is 7.06. The van der Waals surface area contributed by atoms with Crippen LogP contribution in [-0.2, 0) is 4.79 Å². The molecule has 0 radical (unpaired) electrons. The van der Waals surface area contributed by atoms with Gasteiger partial charge in [0.2, 0.25) is 0 Å². The van der Waals surface area contributed by atoms with Crippen LogP contribution in [0.3, 0.4) is 0 Å².